The summed E-state index contributed by atoms with van der Waals surface area (Å²) in [5, 5.41) is 12.6. The van der Waals surface area contributed by atoms with Gasteiger partial charge in [-0.05, 0) is 6.42 Å². The number of rotatable bonds is 5. The van der Waals surface area contributed by atoms with Crippen LogP contribution in [0.1, 0.15) is 18.1 Å². The molecule has 106 valence electrons. The summed E-state index contributed by atoms with van der Waals surface area (Å²) in [4.78, 5) is 16.4. The molecule has 1 unspecified atom stereocenters. The Morgan fingerprint density at radius 1 is 1.58 bits per heavy atom. The van der Waals surface area contributed by atoms with Crippen LogP contribution in [0.5, 0.6) is 0 Å². The van der Waals surface area contributed by atoms with Gasteiger partial charge < -0.3 is 9.63 Å². The molecule has 0 aromatic carbocycles. The van der Waals surface area contributed by atoms with Crippen molar-refractivity contribution in [3.63, 3.8) is 0 Å². The Balaban J connectivity index is 2.10. The normalized spacial score (nSPS) is 21.9. The molecule has 9 heteroatoms. The second-order valence-electron chi connectivity index (χ2n) is 4.59. The predicted octanol–water partition coefficient (Wildman–Crippen LogP) is -0.548. The predicted molar refractivity (Wildman–Crippen MR) is 64.1 cm³/mol. The first-order valence-electron chi connectivity index (χ1n) is 5.81. The molecule has 19 heavy (non-hydrogen) atoms. The lowest BCUT2D eigenvalue weighted by atomic mass is 10.2. The molecule has 1 N–H and O–H groups in total. The van der Waals surface area contributed by atoms with Crippen molar-refractivity contribution in [2.75, 3.05) is 18.1 Å². The van der Waals surface area contributed by atoms with E-state index < -0.39 is 15.8 Å². The summed E-state index contributed by atoms with van der Waals surface area (Å²) in [6, 6.07) is -0.306. The number of aromatic nitrogens is 2. The van der Waals surface area contributed by atoms with Gasteiger partial charge in [-0.3, -0.25) is 9.69 Å². The minimum Gasteiger partial charge on any atom is -0.480 e. The average Bonchev–Trinajstić information content (AvgIpc) is 2.83. The number of nitrogens with zero attached hydrogens (tertiary/aromatic N) is 3. The smallest absolute Gasteiger partial charge is 0.317 e. The zero-order chi connectivity index (χ0) is 14.0. The SMILES string of the molecule is Cc1nc(CN(CC(=O)O)C2CCS(=O)(=O)C2)no1. The number of sulfone groups is 1. The monoisotopic (exact) mass is 289 g/mol. The zero-order valence-electron chi connectivity index (χ0n) is 10.4. The molecule has 1 aromatic heterocycles. The molecule has 2 rings (SSSR count). The maximum Gasteiger partial charge on any atom is 0.317 e. The molecule has 1 atom stereocenters. The largest absolute Gasteiger partial charge is 0.480 e. The maximum absolute atomic E-state index is 11.5. The van der Waals surface area contributed by atoms with Crippen molar-refractivity contribution in [3.05, 3.63) is 11.7 Å². The molecule has 1 aliphatic rings. The van der Waals surface area contributed by atoms with Crippen molar-refractivity contribution < 1.29 is 22.8 Å². The summed E-state index contributed by atoms with van der Waals surface area (Å²) in [7, 11) is -3.06. The Morgan fingerprint density at radius 3 is 2.79 bits per heavy atom. The van der Waals surface area contributed by atoms with Crippen molar-refractivity contribution in [3.8, 4) is 0 Å². The Hall–Kier alpha value is -1.48. The number of aryl methyl sites for hydroxylation is 1. The number of aliphatic carboxylic acids is 1. The van der Waals surface area contributed by atoms with Crippen LogP contribution in [0.3, 0.4) is 0 Å². The second kappa shape index (κ2) is 5.25. The van der Waals surface area contributed by atoms with E-state index in [1.54, 1.807) is 11.8 Å². The first kappa shape index (κ1) is 13.9. The molecule has 1 saturated heterocycles. The van der Waals surface area contributed by atoms with Gasteiger partial charge >= 0.3 is 5.97 Å². The van der Waals surface area contributed by atoms with E-state index in [0.29, 0.717) is 18.1 Å². The Labute approximate surface area is 110 Å². The fourth-order valence-corrected chi connectivity index (χ4v) is 3.90. The van der Waals surface area contributed by atoms with Gasteiger partial charge in [0.2, 0.25) is 5.89 Å². The molecule has 0 saturated carbocycles. The average molecular weight is 289 g/mol. The van der Waals surface area contributed by atoms with Gasteiger partial charge in [0.05, 0.1) is 24.6 Å². The van der Waals surface area contributed by atoms with Crippen LogP contribution in [0.4, 0.5) is 0 Å². The van der Waals surface area contributed by atoms with Gasteiger partial charge in [0.1, 0.15) is 0 Å². The van der Waals surface area contributed by atoms with Gasteiger partial charge in [-0.1, -0.05) is 5.16 Å². The summed E-state index contributed by atoms with van der Waals surface area (Å²) in [6.45, 7) is 1.57. The third kappa shape index (κ3) is 3.74. The highest BCUT2D eigenvalue weighted by Gasteiger charge is 2.33. The third-order valence-corrected chi connectivity index (χ3v) is 4.73. The van der Waals surface area contributed by atoms with Crippen LogP contribution in [0.15, 0.2) is 4.52 Å². The first-order chi connectivity index (χ1) is 8.85. The lowest BCUT2D eigenvalue weighted by Crippen LogP contribution is -2.39. The molecular weight excluding hydrogens is 274 g/mol. The van der Waals surface area contributed by atoms with Gasteiger partial charge in [0, 0.05) is 13.0 Å². The number of hydrogen-bond donors (Lipinski definition) is 1. The third-order valence-electron chi connectivity index (χ3n) is 2.98. The molecule has 2 heterocycles. The van der Waals surface area contributed by atoms with Crippen molar-refractivity contribution in [1.82, 2.24) is 15.0 Å². The highest BCUT2D eigenvalue weighted by molar-refractivity contribution is 7.91. The number of carbonyl (C=O) groups is 1. The molecule has 0 spiro atoms. The van der Waals surface area contributed by atoms with Crippen LogP contribution >= 0.6 is 0 Å². The molecular formula is C10H15N3O5S. The molecule has 1 fully saturated rings. The molecule has 0 aliphatic carbocycles. The summed E-state index contributed by atoms with van der Waals surface area (Å²) in [5.41, 5.74) is 0. The van der Waals surface area contributed by atoms with E-state index in [1.165, 1.54) is 0 Å². The Kier molecular flexibility index (Phi) is 3.85. The topological polar surface area (TPSA) is 114 Å². The summed E-state index contributed by atoms with van der Waals surface area (Å²) in [5.74, 6) is -0.173. The van der Waals surface area contributed by atoms with Crippen LogP contribution in [-0.2, 0) is 21.2 Å². The Morgan fingerprint density at radius 2 is 2.32 bits per heavy atom. The number of carboxylic acids is 1. The van der Waals surface area contributed by atoms with Crippen LogP contribution in [0, 0.1) is 6.92 Å². The van der Waals surface area contributed by atoms with Crippen LogP contribution < -0.4 is 0 Å². The van der Waals surface area contributed by atoms with Crippen molar-refractivity contribution >= 4 is 15.8 Å². The minimum atomic E-state index is -3.06. The molecule has 1 aromatic rings. The minimum absolute atomic E-state index is 0.0168. The highest BCUT2D eigenvalue weighted by atomic mass is 32.2. The fourth-order valence-electron chi connectivity index (χ4n) is 2.14. The summed E-state index contributed by atoms with van der Waals surface area (Å²) >= 11 is 0. The van der Waals surface area contributed by atoms with Crippen molar-refractivity contribution in [2.24, 2.45) is 0 Å². The van der Waals surface area contributed by atoms with Gasteiger partial charge in [-0.2, -0.15) is 4.98 Å². The first-order valence-corrected chi connectivity index (χ1v) is 7.63. The van der Waals surface area contributed by atoms with E-state index in [0.717, 1.165) is 0 Å². The maximum atomic E-state index is 11.5. The molecule has 0 radical (unpaired) electrons. The molecule has 0 amide bonds. The van der Waals surface area contributed by atoms with E-state index in [2.05, 4.69) is 10.1 Å². The summed E-state index contributed by atoms with van der Waals surface area (Å²) < 4.78 is 27.7. The quantitative estimate of drug-likeness (QED) is 0.768. The van der Waals surface area contributed by atoms with E-state index in [-0.39, 0.29) is 30.6 Å². The standard InChI is InChI=1S/C10H15N3O5S/c1-7-11-9(12-18-7)4-13(5-10(14)15)8-2-3-19(16,17)6-8/h8H,2-6H2,1H3,(H,14,15). The Bertz CT molecular complexity index is 567. The van der Waals surface area contributed by atoms with Crippen molar-refractivity contribution in [2.45, 2.75) is 25.9 Å². The number of hydrogen-bond acceptors (Lipinski definition) is 7. The van der Waals surface area contributed by atoms with E-state index in [1.807, 2.05) is 0 Å². The molecule has 1 aliphatic heterocycles. The fraction of sp³-hybridized carbons (Fsp3) is 0.700. The van der Waals surface area contributed by atoms with Gasteiger partial charge in [-0.25, -0.2) is 8.42 Å². The van der Waals surface area contributed by atoms with Crippen LogP contribution in [-0.4, -0.2) is 58.6 Å². The van der Waals surface area contributed by atoms with Gasteiger partial charge in [0.15, 0.2) is 15.7 Å². The van der Waals surface area contributed by atoms with E-state index in [4.69, 9.17) is 9.63 Å². The molecule has 8 nitrogen and oxygen atoms in total. The lowest BCUT2D eigenvalue weighted by molar-refractivity contribution is -0.139. The summed E-state index contributed by atoms with van der Waals surface area (Å²) in [6.07, 6.45) is 0.437. The van der Waals surface area contributed by atoms with E-state index >= 15 is 0 Å². The second-order valence-corrected chi connectivity index (χ2v) is 6.81. The van der Waals surface area contributed by atoms with Gasteiger partial charge in [-0.15, -0.1) is 0 Å². The van der Waals surface area contributed by atoms with Gasteiger partial charge in [0.25, 0.3) is 0 Å². The lowest BCUT2D eigenvalue weighted by Gasteiger charge is -2.24. The highest BCUT2D eigenvalue weighted by Crippen LogP contribution is 2.19. The van der Waals surface area contributed by atoms with Crippen LogP contribution in [0.25, 0.3) is 0 Å². The zero-order valence-corrected chi connectivity index (χ0v) is 11.3. The van der Waals surface area contributed by atoms with Crippen LogP contribution in [0.2, 0.25) is 0 Å². The molecule has 0 bridgehead atoms. The van der Waals surface area contributed by atoms with Crippen molar-refractivity contribution in [1.29, 1.82) is 0 Å². The van der Waals surface area contributed by atoms with E-state index in [9.17, 15) is 13.2 Å². The number of carboxylic acid groups (broad SMARTS) is 1.